The predicted molar refractivity (Wildman–Crippen MR) is 83.4 cm³/mol. The highest BCUT2D eigenvalue weighted by molar-refractivity contribution is 5.75. The van der Waals surface area contributed by atoms with Crippen molar-refractivity contribution in [1.29, 1.82) is 0 Å². The smallest absolute Gasteiger partial charge is 0.315 e. The second kappa shape index (κ2) is 8.67. The van der Waals surface area contributed by atoms with E-state index in [1.54, 1.807) is 6.92 Å². The van der Waals surface area contributed by atoms with Crippen molar-refractivity contribution >= 4 is 6.03 Å². The first-order valence-electron chi connectivity index (χ1n) is 7.57. The monoisotopic (exact) mass is 330 g/mol. The zero-order valence-electron chi connectivity index (χ0n) is 13.7. The summed E-state index contributed by atoms with van der Waals surface area (Å²) in [6.45, 7) is 5.49. The van der Waals surface area contributed by atoms with Gasteiger partial charge in [0.2, 0.25) is 0 Å². The van der Waals surface area contributed by atoms with Crippen LogP contribution in [-0.4, -0.2) is 35.9 Å². The van der Waals surface area contributed by atoms with Crippen LogP contribution in [0.3, 0.4) is 0 Å². The Morgan fingerprint density at radius 2 is 2.13 bits per heavy atom. The Bertz CT molecular complexity index is 528. The molecule has 2 unspecified atom stereocenters. The molecule has 0 aliphatic carbocycles. The average molecular weight is 330 g/mol. The second-order valence-corrected chi connectivity index (χ2v) is 5.77. The normalized spacial score (nSPS) is 14.7. The third-order valence-electron chi connectivity index (χ3n) is 3.62. The summed E-state index contributed by atoms with van der Waals surface area (Å²) in [4.78, 5) is 11.9. The number of benzene rings is 1. The van der Waals surface area contributed by atoms with E-state index in [9.17, 15) is 13.6 Å². The summed E-state index contributed by atoms with van der Waals surface area (Å²) in [6, 6.07) is 2.27. The summed E-state index contributed by atoms with van der Waals surface area (Å²) in [7, 11) is 0. The summed E-state index contributed by atoms with van der Waals surface area (Å²) >= 11 is 0. The van der Waals surface area contributed by atoms with Crippen molar-refractivity contribution in [2.75, 3.05) is 13.2 Å². The summed E-state index contributed by atoms with van der Waals surface area (Å²) < 4.78 is 31.5. The molecule has 0 radical (unpaired) electrons. The molecule has 0 aliphatic heterocycles. The molecule has 0 saturated carbocycles. The molecule has 7 heteroatoms. The SMILES string of the molecule is CCC(C)(CCO)NC(=O)NC(C)COc1ccc(F)cc1F. The number of hydrogen-bond donors (Lipinski definition) is 3. The van der Waals surface area contributed by atoms with Crippen LogP contribution >= 0.6 is 0 Å². The maximum absolute atomic E-state index is 13.4. The molecule has 0 spiro atoms. The third kappa shape index (κ3) is 6.40. The maximum atomic E-state index is 13.4. The molecule has 0 bridgehead atoms. The first-order chi connectivity index (χ1) is 10.8. The van der Waals surface area contributed by atoms with E-state index in [0.717, 1.165) is 12.1 Å². The molecule has 1 aromatic rings. The van der Waals surface area contributed by atoms with Gasteiger partial charge in [-0.3, -0.25) is 0 Å². The highest BCUT2D eigenvalue weighted by Gasteiger charge is 2.24. The van der Waals surface area contributed by atoms with Crippen LogP contribution in [0, 0.1) is 11.6 Å². The van der Waals surface area contributed by atoms with Crippen LogP contribution < -0.4 is 15.4 Å². The molecule has 1 aromatic carbocycles. The van der Waals surface area contributed by atoms with Crippen molar-refractivity contribution in [3.8, 4) is 5.75 Å². The van der Waals surface area contributed by atoms with Gasteiger partial charge in [0.05, 0.1) is 6.04 Å². The lowest BCUT2D eigenvalue weighted by molar-refractivity contribution is 0.194. The van der Waals surface area contributed by atoms with E-state index in [2.05, 4.69) is 10.6 Å². The quantitative estimate of drug-likeness (QED) is 0.686. The Kier molecular flexibility index (Phi) is 7.22. The number of halogens is 2. The number of urea groups is 1. The van der Waals surface area contributed by atoms with E-state index in [1.165, 1.54) is 6.07 Å². The Labute approximate surface area is 135 Å². The summed E-state index contributed by atoms with van der Waals surface area (Å²) in [6.07, 6.45) is 1.12. The van der Waals surface area contributed by atoms with E-state index in [0.29, 0.717) is 12.8 Å². The van der Waals surface area contributed by atoms with E-state index in [4.69, 9.17) is 9.84 Å². The second-order valence-electron chi connectivity index (χ2n) is 5.77. The van der Waals surface area contributed by atoms with Gasteiger partial charge in [0.15, 0.2) is 11.6 Å². The Morgan fingerprint density at radius 1 is 1.43 bits per heavy atom. The van der Waals surface area contributed by atoms with Gasteiger partial charge in [-0.05, 0) is 38.8 Å². The number of carbonyl (C=O) groups is 1. The van der Waals surface area contributed by atoms with Crippen molar-refractivity contribution in [2.24, 2.45) is 0 Å². The van der Waals surface area contributed by atoms with Gasteiger partial charge in [-0.1, -0.05) is 6.92 Å². The van der Waals surface area contributed by atoms with E-state index in [-0.39, 0.29) is 25.0 Å². The highest BCUT2D eigenvalue weighted by atomic mass is 19.1. The number of rotatable bonds is 8. The number of amides is 2. The molecule has 1 rings (SSSR count). The van der Waals surface area contributed by atoms with Gasteiger partial charge in [-0.2, -0.15) is 0 Å². The minimum absolute atomic E-state index is 0.0207. The molecule has 2 amide bonds. The zero-order chi connectivity index (χ0) is 17.5. The average Bonchev–Trinajstić information content (AvgIpc) is 2.46. The van der Waals surface area contributed by atoms with Crippen molar-refractivity contribution in [2.45, 2.75) is 45.2 Å². The Balaban J connectivity index is 2.46. The molecule has 5 nitrogen and oxygen atoms in total. The van der Waals surface area contributed by atoms with Crippen LogP contribution in [0.5, 0.6) is 5.75 Å². The van der Waals surface area contributed by atoms with Crippen molar-refractivity contribution < 1.29 is 23.4 Å². The van der Waals surface area contributed by atoms with Crippen LogP contribution in [-0.2, 0) is 0 Å². The standard InChI is InChI=1S/C16H24F2N2O3/c1-4-16(3,7-8-21)20-15(22)19-11(2)10-23-14-6-5-12(17)9-13(14)18/h5-6,9,11,21H,4,7-8,10H2,1-3H3,(H2,19,20,22). The molecule has 0 saturated heterocycles. The fourth-order valence-electron chi connectivity index (χ4n) is 1.96. The number of hydrogen-bond acceptors (Lipinski definition) is 3. The summed E-state index contributed by atoms with van der Waals surface area (Å²) in [5.41, 5.74) is -0.498. The largest absolute Gasteiger partial charge is 0.488 e. The van der Waals surface area contributed by atoms with E-state index >= 15 is 0 Å². The van der Waals surface area contributed by atoms with Crippen molar-refractivity contribution in [3.05, 3.63) is 29.8 Å². The van der Waals surface area contributed by atoms with Gasteiger partial charge in [-0.15, -0.1) is 0 Å². The highest BCUT2D eigenvalue weighted by Crippen LogP contribution is 2.17. The molecule has 0 aromatic heterocycles. The molecule has 23 heavy (non-hydrogen) atoms. The van der Waals surface area contributed by atoms with Crippen LogP contribution in [0.15, 0.2) is 18.2 Å². The van der Waals surface area contributed by atoms with Crippen LogP contribution in [0.25, 0.3) is 0 Å². The number of ether oxygens (including phenoxy) is 1. The van der Waals surface area contributed by atoms with Crippen molar-refractivity contribution in [1.82, 2.24) is 10.6 Å². The first-order valence-corrected chi connectivity index (χ1v) is 7.57. The summed E-state index contributed by atoms with van der Waals surface area (Å²) in [5.74, 6) is -1.54. The Morgan fingerprint density at radius 3 is 2.70 bits per heavy atom. The van der Waals surface area contributed by atoms with Crippen molar-refractivity contribution in [3.63, 3.8) is 0 Å². The zero-order valence-corrected chi connectivity index (χ0v) is 13.7. The van der Waals surface area contributed by atoms with Gasteiger partial charge in [0, 0.05) is 18.2 Å². The fourth-order valence-corrected chi connectivity index (χ4v) is 1.96. The molecule has 3 N–H and O–H groups in total. The molecule has 0 aliphatic rings. The predicted octanol–water partition coefficient (Wildman–Crippen LogP) is 2.58. The molecule has 0 heterocycles. The topological polar surface area (TPSA) is 70.6 Å². The van der Waals surface area contributed by atoms with Crippen LogP contribution in [0.4, 0.5) is 13.6 Å². The number of carbonyl (C=O) groups excluding carboxylic acids is 1. The van der Waals surface area contributed by atoms with E-state index in [1.807, 2.05) is 13.8 Å². The lowest BCUT2D eigenvalue weighted by Crippen LogP contribution is -2.53. The lowest BCUT2D eigenvalue weighted by atomic mass is 9.95. The van der Waals surface area contributed by atoms with Gasteiger partial charge in [0.25, 0.3) is 0 Å². The molecule has 130 valence electrons. The maximum Gasteiger partial charge on any atom is 0.315 e. The molecule has 2 atom stereocenters. The van der Waals surface area contributed by atoms with Gasteiger partial charge >= 0.3 is 6.03 Å². The van der Waals surface area contributed by atoms with Gasteiger partial charge in [0.1, 0.15) is 12.4 Å². The summed E-state index contributed by atoms with van der Waals surface area (Å²) in [5, 5.41) is 14.5. The number of aliphatic hydroxyl groups excluding tert-OH is 1. The molecular weight excluding hydrogens is 306 g/mol. The van der Waals surface area contributed by atoms with Gasteiger partial charge < -0.3 is 20.5 Å². The minimum Gasteiger partial charge on any atom is -0.488 e. The Hall–Kier alpha value is -1.89. The minimum atomic E-state index is -0.789. The molecule has 0 fully saturated rings. The number of aliphatic hydroxyl groups is 1. The third-order valence-corrected chi connectivity index (χ3v) is 3.62. The molecular formula is C16H24F2N2O3. The lowest BCUT2D eigenvalue weighted by Gasteiger charge is -2.29. The number of nitrogens with one attached hydrogen (secondary N) is 2. The van der Waals surface area contributed by atoms with Gasteiger partial charge in [-0.25, -0.2) is 13.6 Å². The fraction of sp³-hybridized carbons (Fsp3) is 0.562. The van der Waals surface area contributed by atoms with Crippen LogP contribution in [0.1, 0.15) is 33.6 Å². The van der Waals surface area contributed by atoms with E-state index < -0.39 is 23.2 Å². The van der Waals surface area contributed by atoms with Crippen LogP contribution in [0.2, 0.25) is 0 Å². The first kappa shape index (κ1) is 19.2.